The lowest BCUT2D eigenvalue weighted by Crippen LogP contribution is -2.45. The highest BCUT2D eigenvalue weighted by molar-refractivity contribution is 6.24. The number of hydrogen-bond acceptors (Lipinski definition) is 4. The number of ketones is 2. The number of piperazine rings is 1. The molecule has 1 saturated heterocycles. The van der Waals surface area contributed by atoms with Gasteiger partial charge in [0.2, 0.25) is 0 Å². The average Bonchev–Trinajstić information content (AvgIpc) is 2.47. The summed E-state index contributed by atoms with van der Waals surface area (Å²) in [6, 6.07) is 7.07. The molecule has 0 unspecified atom stereocenters. The highest BCUT2D eigenvalue weighted by Gasteiger charge is 2.26. The van der Waals surface area contributed by atoms with Gasteiger partial charge in [-0.1, -0.05) is 24.3 Å². The Morgan fingerprint density at radius 2 is 1.65 bits per heavy atom. The van der Waals surface area contributed by atoms with Crippen molar-refractivity contribution in [3.05, 3.63) is 47.0 Å². The number of fused-ring (bicyclic) bond motifs is 1. The van der Waals surface area contributed by atoms with Crippen molar-refractivity contribution in [2.45, 2.75) is 0 Å². The van der Waals surface area contributed by atoms with Crippen LogP contribution in [0.4, 0.5) is 0 Å². The molecule has 2 aliphatic rings. The van der Waals surface area contributed by atoms with Crippen LogP contribution < -0.4 is 0 Å². The molecule has 3 rings (SSSR count). The van der Waals surface area contributed by atoms with Crippen LogP contribution in [0.3, 0.4) is 0 Å². The molecule has 1 heterocycles. The van der Waals surface area contributed by atoms with Crippen molar-refractivity contribution in [1.82, 2.24) is 9.80 Å². The smallest absolute Gasteiger partial charge is 0.191 e. The number of carbonyl (C=O) groups is 2. The quantitative estimate of drug-likeness (QED) is 0.810. The number of benzene rings is 1. The maximum absolute atomic E-state index is 12.4. The van der Waals surface area contributed by atoms with Crippen molar-refractivity contribution < 1.29 is 9.59 Å². The van der Waals surface area contributed by atoms with Crippen LogP contribution >= 0.6 is 0 Å². The fourth-order valence-corrected chi connectivity index (χ4v) is 2.73. The lowest BCUT2D eigenvalue weighted by Gasteiger charge is -2.33. The molecule has 0 saturated carbocycles. The van der Waals surface area contributed by atoms with E-state index in [2.05, 4.69) is 16.8 Å². The molecule has 0 spiro atoms. The zero-order valence-corrected chi connectivity index (χ0v) is 11.6. The van der Waals surface area contributed by atoms with E-state index >= 15 is 0 Å². The lowest BCUT2D eigenvalue weighted by atomic mass is 9.89. The van der Waals surface area contributed by atoms with Gasteiger partial charge in [0, 0.05) is 49.4 Å². The molecule has 0 atom stereocenters. The minimum Gasteiger partial charge on any atom is -0.304 e. The van der Waals surface area contributed by atoms with Crippen LogP contribution in [0.15, 0.2) is 35.9 Å². The van der Waals surface area contributed by atoms with Crippen molar-refractivity contribution in [3.63, 3.8) is 0 Å². The van der Waals surface area contributed by atoms with E-state index in [1.165, 1.54) is 6.08 Å². The molecule has 20 heavy (non-hydrogen) atoms. The second-order valence-electron chi connectivity index (χ2n) is 5.49. The molecule has 104 valence electrons. The number of Topliss-reactive ketones (excluding diaryl/α,β-unsaturated/α-hetero) is 1. The Bertz CT molecular complexity index is 584. The Kier molecular flexibility index (Phi) is 3.51. The van der Waals surface area contributed by atoms with Gasteiger partial charge in [0.15, 0.2) is 11.6 Å². The Morgan fingerprint density at radius 3 is 2.35 bits per heavy atom. The molecule has 0 bridgehead atoms. The van der Waals surface area contributed by atoms with Crippen LogP contribution in [0.1, 0.15) is 20.7 Å². The highest BCUT2D eigenvalue weighted by atomic mass is 16.1. The third kappa shape index (κ3) is 2.44. The summed E-state index contributed by atoms with van der Waals surface area (Å²) in [4.78, 5) is 29.0. The van der Waals surface area contributed by atoms with Gasteiger partial charge in [-0.25, -0.2) is 0 Å². The molecule has 1 aromatic rings. The SMILES string of the molecule is CN1CCN(CC2=CC(=O)c3ccccc3C2=O)CC1. The van der Waals surface area contributed by atoms with E-state index in [0.29, 0.717) is 23.2 Å². The molecule has 0 N–H and O–H groups in total. The van der Waals surface area contributed by atoms with Gasteiger partial charge < -0.3 is 4.90 Å². The number of hydrogen-bond donors (Lipinski definition) is 0. The van der Waals surface area contributed by atoms with Crippen molar-refractivity contribution in [3.8, 4) is 0 Å². The van der Waals surface area contributed by atoms with Crippen LogP contribution in [0.25, 0.3) is 0 Å². The van der Waals surface area contributed by atoms with E-state index in [4.69, 9.17) is 0 Å². The fourth-order valence-electron chi connectivity index (χ4n) is 2.73. The van der Waals surface area contributed by atoms with Crippen LogP contribution in [-0.2, 0) is 0 Å². The number of nitrogens with zero attached hydrogens (tertiary/aromatic N) is 2. The van der Waals surface area contributed by atoms with Crippen LogP contribution in [0.5, 0.6) is 0 Å². The molecule has 1 aromatic carbocycles. The third-order valence-corrected chi connectivity index (χ3v) is 4.02. The summed E-state index contributed by atoms with van der Waals surface area (Å²) in [7, 11) is 2.10. The molecule has 4 nitrogen and oxygen atoms in total. The topological polar surface area (TPSA) is 40.6 Å². The number of likely N-dealkylation sites (N-methyl/N-ethyl adjacent to an activating group) is 1. The average molecular weight is 270 g/mol. The molecule has 0 radical (unpaired) electrons. The summed E-state index contributed by atoms with van der Waals surface area (Å²) in [6.07, 6.45) is 1.52. The lowest BCUT2D eigenvalue weighted by molar-refractivity contribution is 0.0967. The summed E-state index contributed by atoms with van der Waals surface area (Å²) in [5.41, 5.74) is 1.70. The first-order valence-corrected chi connectivity index (χ1v) is 6.94. The van der Waals surface area contributed by atoms with Crippen LogP contribution in [0, 0.1) is 0 Å². The minimum atomic E-state index is -0.0515. The Morgan fingerprint density at radius 1 is 1.00 bits per heavy atom. The maximum Gasteiger partial charge on any atom is 0.191 e. The summed E-state index contributed by atoms with van der Waals surface area (Å²) in [5, 5.41) is 0. The van der Waals surface area contributed by atoms with E-state index in [0.717, 1.165) is 26.2 Å². The standard InChI is InChI=1S/C16H18N2O2/c1-17-6-8-18(9-7-17)11-12-10-15(19)13-4-2-3-5-14(13)16(12)20/h2-5,10H,6-9,11H2,1H3. The van der Waals surface area contributed by atoms with Gasteiger partial charge in [-0.3, -0.25) is 14.5 Å². The summed E-state index contributed by atoms with van der Waals surface area (Å²) >= 11 is 0. The fraction of sp³-hybridized carbons (Fsp3) is 0.375. The second kappa shape index (κ2) is 5.31. The van der Waals surface area contributed by atoms with E-state index in [-0.39, 0.29) is 11.6 Å². The van der Waals surface area contributed by atoms with Gasteiger partial charge in [-0.05, 0) is 13.1 Å². The van der Waals surface area contributed by atoms with Crippen molar-refractivity contribution >= 4 is 11.6 Å². The molecule has 1 aliphatic heterocycles. The summed E-state index contributed by atoms with van der Waals surface area (Å²) < 4.78 is 0. The van der Waals surface area contributed by atoms with E-state index in [1.807, 2.05) is 6.07 Å². The normalized spacial score (nSPS) is 20.8. The predicted molar refractivity (Wildman–Crippen MR) is 77.1 cm³/mol. The molecule has 4 heteroatoms. The molecule has 0 aromatic heterocycles. The zero-order valence-electron chi connectivity index (χ0n) is 11.6. The Hall–Kier alpha value is -1.78. The maximum atomic E-state index is 12.4. The second-order valence-corrected chi connectivity index (χ2v) is 5.49. The van der Waals surface area contributed by atoms with Gasteiger partial charge in [0.1, 0.15) is 0 Å². The van der Waals surface area contributed by atoms with Gasteiger partial charge in [-0.2, -0.15) is 0 Å². The predicted octanol–water partition coefficient (Wildman–Crippen LogP) is 1.24. The number of rotatable bonds is 2. The monoisotopic (exact) mass is 270 g/mol. The van der Waals surface area contributed by atoms with E-state index in [9.17, 15) is 9.59 Å². The first-order chi connectivity index (χ1) is 9.65. The van der Waals surface area contributed by atoms with Crippen LogP contribution in [-0.4, -0.2) is 61.1 Å². The first kappa shape index (κ1) is 13.2. The minimum absolute atomic E-state index is 0.000807. The molecular formula is C16H18N2O2. The number of allylic oxidation sites excluding steroid dienone is 1. The van der Waals surface area contributed by atoms with E-state index in [1.54, 1.807) is 18.2 Å². The molecule has 0 amide bonds. The molecular weight excluding hydrogens is 252 g/mol. The third-order valence-electron chi connectivity index (χ3n) is 4.02. The van der Waals surface area contributed by atoms with Gasteiger partial charge in [0.25, 0.3) is 0 Å². The van der Waals surface area contributed by atoms with Crippen molar-refractivity contribution in [2.75, 3.05) is 39.8 Å². The van der Waals surface area contributed by atoms with Gasteiger partial charge in [0.05, 0.1) is 0 Å². The molecule has 1 aliphatic carbocycles. The van der Waals surface area contributed by atoms with Crippen LogP contribution in [0.2, 0.25) is 0 Å². The first-order valence-electron chi connectivity index (χ1n) is 6.94. The Labute approximate surface area is 118 Å². The van der Waals surface area contributed by atoms with Crippen molar-refractivity contribution in [1.29, 1.82) is 0 Å². The van der Waals surface area contributed by atoms with Gasteiger partial charge >= 0.3 is 0 Å². The summed E-state index contributed by atoms with van der Waals surface area (Å²) in [5.74, 6) is -0.0524. The number of carbonyl (C=O) groups excluding carboxylic acids is 2. The Balaban J connectivity index is 1.78. The highest BCUT2D eigenvalue weighted by Crippen LogP contribution is 2.21. The molecule has 1 fully saturated rings. The van der Waals surface area contributed by atoms with Crippen molar-refractivity contribution in [2.24, 2.45) is 0 Å². The largest absolute Gasteiger partial charge is 0.304 e. The summed E-state index contributed by atoms with van der Waals surface area (Å²) in [6.45, 7) is 4.47. The van der Waals surface area contributed by atoms with E-state index < -0.39 is 0 Å². The zero-order chi connectivity index (χ0) is 14.1. The van der Waals surface area contributed by atoms with Gasteiger partial charge in [-0.15, -0.1) is 0 Å².